The van der Waals surface area contributed by atoms with Gasteiger partial charge in [0.25, 0.3) is 0 Å². The van der Waals surface area contributed by atoms with Gasteiger partial charge in [-0.2, -0.15) is 0 Å². The zero-order valence-corrected chi connectivity index (χ0v) is 10.2. The molecule has 0 aliphatic carbocycles. The molecule has 0 atom stereocenters. The maximum Gasteiger partial charge on any atom is 0.157 e. The van der Waals surface area contributed by atoms with Crippen LogP contribution in [0.1, 0.15) is 0 Å². The number of halogens is 2. The van der Waals surface area contributed by atoms with E-state index in [1.807, 2.05) is 18.2 Å². The highest BCUT2D eigenvalue weighted by Gasteiger charge is 2.08. The number of hydrogen-bond acceptors (Lipinski definition) is 2. The molecule has 0 saturated heterocycles. The van der Waals surface area contributed by atoms with Gasteiger partial charge in [-0.3, -0.25) is 4.98 Å². The smallest absolute Gasteiger partial charge is 0.157 e. The molecule has 1 N–H and O–H groups in total. The first-order valence-electron chi connectivity index (χ1n) is 5.00. The normalized spacial score (nSPS) is 10.9. The summed E-state index contributed by atoms with van der Waals surface area (Å²) in [6, 6.07) is 8.63. The van der Waals surface area contributed by atoms with Crippen LogP contribution >= 0.6 is 15.9 Å². The Bertz CT molecular complexity index is 640. The third-order valence-corrected chi connectivity index (χ3v) is 3.04. The van der Waals surface area contributed by atoms with Gasteiger partial charge in [0.15, 0.2) is 5.82 Å². The SMILES string of the molecule is Fc1cc2[nH]c(-c3ccccn3)nc2cc1Br. The summed E-state index contributed by atoms with van der Waals surface area (Å²) in [5.41, 5.74) is 2.10. The number of benzene rings is 1. The summed E-state index contributed by atoms with van der Waals surface area (Å²) in [6.07, 6.45) is 1.69. The van der Waals surface area contributed by atoms with Gasteiger partial charge < -0.3 is 4.98 Å². The Morgan fingerprint density at radius 3 is 2.88 bits per heavy atom. The lowest BCUT2D eigenvalue weighted by Gasteiger charge is -1.92. The van der Waals surface area contributed by atoms with Crippen LogP contribution in [0.15, 0.2) is 41.0 Å². The Hall–Kier alpha value is -1.75. The van der Waals surface area contributed by atoms with Crippen LogP contribution in [0, 0.1) is 5.82 Å². The molecular weight excluding hydrogens is 285 g/mol. The first-order chi connectivity index (χ1) is 8.24. The van der Waals surface area contributed by atoms with Gasteiger partial charge in [0.2, 0.25) is 0 Å². The minimum Gasteiger partial charge on any atom is -0.337 e. The molecule has 0 unspecified atom stereocenters. The van der Waals surface area contributed by atoms with Gasteiger partial charge in [0.1, 0.15) is 11.5 Å². The molecule has 5 heteroatoms. The number of H-pyrrole nitrogens is 1. The first-order valence-corrected chi connectivity index (χ1v) is 5.79. The number of nitrogens with zero attached hydrogens (tertiary/aromatic N) is 2. The van der Waals surface area contributed by atoms with Gasteiger partial charge >= 0.3 is 0 Å². The lowest BCUT2D eigenvalue weighted by molar-refractivity contribution is 0.623. The fourth-order valence-electron chi connectivity index (χ4n) is 1.63. The van der Waals surface area contributed by atoms with Crippen molar-refractivity contribution >= 4 is 27.0 Å². The summed E-state index contributed by atoms with van der Waals surface area (Å²) in [5.74, 6) is 0.326. The van der Waals surface area contributed by atoms with E-state index in [1.165, 1.54) is 6.07 Å². The van der Waals surface area contributed by atoms with Crippen LogP contribution in [0.25, 0.3) is 22.6 Å². The third-order valence-electron chi connectivity index (χ3n) is 2.43. The van der Waals surface area contributed by atoms with Crippen LogP contribution in [0.5, 0.6) is 0 Å². The van der Waals surface area contributed by atoms with Crippen molar-refractivity contribution < 1.29 is 4.39 Å². The lowest BCUT2D eigenvalue weighted by atomic mass is 10.3. The molecule has 3 nitrogen and oxygen atoms in total. The predicted molar refractivity (Wildman–Crippen MR) is 67.0 cm³/mol. The van der Waals surface area contributed by atoms with Gasteiger partial charge in [-0.15, -0.1) is 0 Å². The number of fused-ring (bicyclic) bond motifs is 1. The van der Waals surface area contributed by atoms with E-state index < -0.39 is 0 Å². The van der Waals surface area contributed by atoms with Crippen molar-refractivity contribution in [1.82, 2.24) is 15.0 Å². The van der Waals surface area contributed by atoms with Crippen molar-refractivity contribution in [3.8, 4) is 11.5 Å². The summed E-state index contributed by atoms with van der Waals surface area (Å²) in [4.78, 5) is 11.6. The van der Waals surface area contributed by atoms with Crippen LogP contribution in [0.3, 0.4) is 0 Å². The third kappa shape index (κ3) is 1.82. The maximum atomic E-state index is 13.4. The molecule has 3 aromatic rings. The molecule has 0 radical (unpaired) electrons. The van der Waals surface area contributed by atoms with Gasteiger partial charge in [0.05, 0.1) is 15.5 Å². The average Bonchev–Trinajstić information content (AvgIpc) is 2.74. The minimum absolute atomic E-state index is 0.311. The molecule has 84 valence electrons. The molecule has 17 heavy (non-hydrogen) atoms. The number of aromatic nitrogens is 3. The highest BCUT2D eigenvalue weighted by molar-refractivity contribution is 9.10. The van der Waals surface area contributed by atoms with Gasteiger partial charge in [0, 0.05) is 12.3 Å². The number of hydrogen-bond donors (Lipinski definition) is 1. The Kier molecular flexibility index (Phi) is 2.40. The van der Waals surface area contributed by atoms with E-state index in [1.54, 1.807) is 12.3 Å². The van der Waals surface area contributed by atoms with E-state index in [0.717, 1.165) is 5.69 Å². The molecule has 0 spiro atoms. The summed E-state index contributed by atoms with van der Waals surface area (Å²) in [5, 5.41) is 0. The number of nitrogens with one attached hydrogen (secondary N) is 1. The molecule has 1 aromatic carbocycles. The molecule has 0 bridgehead atoms. The van der Waals surface area contributed by atoms with Crippen molar-refractivity contribution in [2.45, 2.75) is 0 Å². The van der Waals surface area contributed by atoms with Gasteiger partial charge in [-0.1, -0.05) is 6.07 Å². The van der Waals surface area contributed by atoms with Crippen molar-refractivity contribution in [3.63, 3.8) is 0 Å². The largest absolute Gasteiger partial charge is 0.337 e. The molecule has 2 aromatic heterocycles. The molecule has 2 heterocycles. The van der Waals surface area contributed by atoms with Crippen molar-refractivity contribution in [2.75, 3.05) is 0 Å². The quantitative estimate of drug-likeness (QED) is 0.745. The van der Waals surface area contributed by atoms with Crippen molar-refractivity contribution in [2.24, 2.45) is 0 Å². The van der Waals surface area contributed by atoms with E-state index in [9.17, 15) is 4.39 Å². The number of pyridine rings is 1. The zero-order chi connectivity index (χ0) is 11.8. The Morgan fingerprint density at radius 2 is 2.12 bits per heavy atom. The second kappa shape index (κ2) is 3.92. The van der Waals surface area contributed by atoms with Crippen LogP contribution in [0.4, 0.5) is 4.39 Å². The molecule has 0 aliphatic heterocycles. The van der Waals surface area contributed by atoms with Crippen LogP contribution in [-0.2, 0) is 0 Å². The van der Waals surface area contributed by atoms with Crippen LogP contribution in [0.2, 0.25) is 0 Å². The predicted octanol–water partition coefficient (Wildman–Crippen LogP) is 3.53. The molecule has 0 fully saturated rings. The van der Waals surface area contributed by atoms with E-state index in [4.69, 9.17) is 0 Å². The van der Waals surface area contributed by atoms with Crippen molar-refractivity contribution in [1.29, 1.82) is 0 Å². The number of rotatable bonds is 1. The highest BCUT2D eigenvalue weighted by atomic mass is 79.9. The van der Waals surface area contributed by atoms with E-state index >= 15 is 0 Å². The summed E-state index contributed by atoms with van der Waals surface area (Å²) < 4.78 is 13.8. The van der Waals surface area contributed by atoms with Crippen LogP contribution < -0.4 is 0 Å². The van der Waals surface area contributed by atoms with E-state index in [2.05, 4.69) is 30.9 Å². The first kappa shape index (κ1) is 10.4. The Balaban J connectivity index is 2.21. The second-order valence-electron chi connectivity index (χ2n) is 3.58. The summed E-state index contributed by atoms with van der Waals surface area (Å²) in [6.45, 7) is 0. The maximum absolute atomic E-state index is 13.4. The van der Waals surface area contributed by atoms with Gasteiger partial charge in [-0.05, 0) is 34.1 Å². The fourth-order valence-corrected chi connectivity index (χ4v) is 1.96. The second-order valence-corrected chi connectivity index (χ2v) is 4.44. The van der Waals surface area contributed by atoms with Crippen LogP contribution in [-0.4, -0.2) is 15.0 Å². The minimum atomic E-state index is -0.311. The highest BCUT2D eigenvalue weighted by Crippen LogP contribution is 2.24. The molecule has 0 amide bonds. The zero-order valence-electron chi connectivity index (χ0n) is 8.61. The molecule has 3 rings (SSSR count). The monoisotopic (exact) mass is 291 g/mol. The standard InChI is InChI=1S/C12H7BrFN3/c13-7-5-10-11(6-8(7)14)17-12(16-10)9-3-1-2-4-15-9/h1-6H,(H,16,17). The Morgan fingerprint density at radius 1 is 1.24 bits per heavy atom. The van der Waals surface area contributed by atoms with Gasteiger partial charge in [-0.25, -0.2) is 9.37 Å². The topological polar surface area (TPSA) is 41.6 Å². The number of aromatic amines is 1. The van der Waals surface area contributed by atoms with E-state index in [0.29, 0.717) is 21.3 Å². The fraction of sp³-hybridized carbons (Fsp3) is 0. The van der Waals surface area contributed by atoms with Crippen molar-refractivity contribution in [3.05, 3.63) is 46.8 Å². The molecular formula is C12H7BrFN3. The molecule has 0 saturated carbocycles. The van der Waals surface area contributed by atoms with E-state index in [-0.39, 0.29) is 5.82 Å². The lowest BCUT2D eigenvalue weighted by Crippen LogP contribution is -1.82. The number of imidazole rings is 1. The molecule has 0 aliphatic rings. The average molecular weight is 292 g/mol. The summed E-state index contributed by atoms with van der Waals surface area (Å²) in [7, 11) is 0. The summed E-state index contributed by atoms with van der Waals surface area (Å²) >= 11 is 3.14. The Labute approximate surface area is 105 Å².